The Hall–Kier alpha value is -0.750. The topological polar surface area (TPSA) is 21.3 Å². The van der Waals surface area contributed by atoms with Gasteiger partial charge in [-0.2, -0.15) is 0 Å². The maximum Gasteiger partial charge on any atom is 0.123 e. The minimum absolute atomic E-state index is 0.752. The molecule has 0 heterocycles. The molecule has 2 aromatic carbocycles. The summed E-state index contributed by atoms with van der Waals surface area (Å²) in [7, 11) is 1.70. The van der Waals surface area contributed by atoms with Crippen LogP contribution in [0.5, 0.6) is 5.75 Å². The van der Waals surface area contributed by atoms with E-state index in [1.54, 1.807) is 7.11 Å². The number of hydrogen-bond acceptors (Lipinski definition) is 2. The number of benzene rings is 2. The molecule has 0 atom stereocenters. The third-order valence-electron chi connectivity index (χ3n) is 2.60. The molecule has 18 heavy (non-hydrogen) atoms. The van der Waals surface area contributed by atoms with Crippen LogP contribution >= 0.6 is 38.5 Å². The van der Waals surface area contributed by atoms with Crippen LogP contribution in [-0.4, -0.2) is 7.11 Å². The third kappa shape index (κ3) is 3.38. The fourth-order valence-electron chi connectivity index (χ4n) is 1.65. The van der Waals surface area contributed by atoms with E-state index in [1.807, 2.05) is 24.3 Å². The van der Waals surface area contributed by atoms with E-state index in [0.29, 0.717) is 0 Å². The van der Waals surface area contributed by atoms with Crippen LogP contribution in [0.3, 0.4) is 0 Å². The lowest BCUT2D eigenvalue weighted by Crippen LogP contribution is -2.01. The molecule has 0 fully saturated rings. The second-order valence-electron chi connectivity index (χ2n) is 3.79. The van der Waals surface area contributed by atoms with E-state index in [4.69, 9.17) is 4.74 Å². The van der Waals surface area contributed by atoms with Crippen molar-refractivity contribution in [2.24, 2.45) is 0 Å². The quantitative estimate of drug-likeness (QED) is 0.729. The van der Waals surface area contributed by atoms with Crippen LogP contribution in [0.4, 0.5) is 5.69 Å². The van der Waals surface area contributed by atoms with Gasteiger partial charge in [-0.25, -0.2) is 0 Å². The van der Waals surface area contributed by atoms with Gasteiger partial charge in [0.25, 0.3) is 0 Å². The number of anilines is 1. The van der Waals surface area contributed by atoms with Gasteiger partial charge in [-0.3, -0.25) is 0 Å². The van der Waals surface area contributed by atoms with Crippen LogP contribution in [0.1, 0.15) is 5.56 Å². The van der Waals surface area contributed by atoms with Gasteiger partial charge in [-0.05, 0) is 62.8 Å². The van der Waals surface area contributed by atoms with Crippen LogP contribution < -0.4 is 10.1 Å². The molecular weight excluding hydrogens is 405 g/mol. The Morgan fingerprint density at radius 1 is 1.22 bits per heavy atom. The van der Waals surface area contributed by atoms with Crippen molar-refractivity contribution in [3.05, 3.63) is 56.1 Å². The summed E-state index contributed by atoms with van der Waals surface area (Å²) in [6, 6.07) is 14.3. The fraction of sp³-hybridized carbons (Fsp3) is 0.143. The summed E-state index contributed by atoms with van der Waals surface area (Å²) >= 11 is 5.80. The minimum Gasteiger partial charge on any atom is -0.496 e. The normalized spacial score (nSPS) is 10.2. The first-order valence-electron chi connectivity index (χ1n) is 5.51. The van der Waals surface area contributed by atoms with E-state index in [-0.39, 0.29) is 0 Å². The second-order valence-corrected chi connectivity index (χ2v) is 5.81. The Balaban J connectivity index is 2.09. The van der Waals surface area contributed by atoms with Crippen molar-refractivity contribution in [2.45, 2.75) is 6.54 Å². The fourth-order valence-corrected chi connectivity index (χ4v) is 2.41. The molecule has 0 aliphatic rings. The summed E-state index contributed by atoms with van der Waals surface area (Å²) in [4.78, 5) is 0. The highest BCUT2D eigenvalue weighted by Crippen LogP contribution is 2.24. The predicted molar refractivity (Wildman–Crippen MR) is 87.2 cm³/mol. The van der Waals surface area contributed by atoms with Crippen molar-refractivity contribution in [1.29, 1.82) is 0 Å². The summed E-state index contributed by atoms with van der Waals surface area (Å²) in [5.74, 6) is 0.914. The highest BCUT2D eigenvalue weighted by molar-refractivity contribution is 14.1. The lowest BCUT2D eigenvalue weighted by Gasteiger charge is -2.11. The molecule has 0 aliphatic heterocycles. The first-order chi connectivity index (χ1) is 8.70. The zero-order valence-electron chi connectivity index (χ0n) is 9.91. The van der Waals surface area contributed by atoms with Crippen molar-refractivity contribution >= 4 is 44.2 Å². The van der Waals surface area contributed by atoms with Gasteiger partial charge < -0.3 is 10.1 Å². The molecule has 2 aromatic rings. The largest absolute Gasteiger partial charge is 0.496 e. The zero-order chi connectivity index (χ0) is 13.0. The van der Waals surface area contributed by atoms with Crippen molar-refractivity contribution in [3.63, 3.8) is 0 Å². The van der Waals surface area contributed by atoms with E-state index in [0.717, 1.165) is 28.0 Å². The minimum atomic E-state index is 0.752. The Labute approximate surface area is 129 Å². The molecule has 2 nitrogen and oxygen atoms in total. The van der Waals surface area contributed by atoms with Gasteiger partial charge in [0.1, 0.15) is 5.75 Å². The molecule has 0 aliphatic carbocycles. The number of halogens is 2. The van der Waals surface area contributed by atoms with Gasteiger partial charge in [0.05, 0.1) is 7.11 Å². The van der Waals surface area contributed by atoms with E-state index in [9.17, 15) is 0 Å². The van der Waals surface area contributed by atoms with Crippen LogP contribution in [0.25, 0.3) is 0 Å². The van der Waals surface area contributed by atoms with Gasteiger partial charge in [0.2, 0.25) is 0 Å². The lowest BCUT2D eigenvalue weighted by atomic mass is 10.2. The molecule has 94 valence electrons. The number of ether oxygens (including phenoxy) is 1. The van der Waals surface area contributed by atoms with E-state index >= 15 is 0 Å². The molecule has 0 unspecified atom stereocenters. The molecular formula is C14H13BrINO. The van der Waals surface area contributed by atoms with Crippen molar-refractivity contribution < 1.29 is 4.74 Å². The predicted octanol–water partition coefficient (Wildman–Crippen LogP) is 4.67. The Bertz CT molecular complexity index is 545. The lowest BCUT2D eigenvalue weighted by molar-refractivity contribution is 0.410. The Morgan fingerprint density at radius 3 is 2.72 bits per heavy atom. The third-order valence-corrected chi connectivity index (χ3v) is 4.92. The number of para-hydroxylation sites is 1. The highest BCUT2D eigenvalue weighted by Gasteiger charge is 2.02. The highest BCUT2D eigenvalue weighted by atomic mass is 127. The van der Waals surface area contributed by atoms with E-state index < -0.39 is 0 Å². The first-order valence-corrected chi connectivity index (χ1v) is 7.38. The Kier molecular flexibility index (Phi) is 4.88. The SMILES string of the molecule is COc1ccccc1CNc1ccc(Br)c(I)c1. The van der Waals surface area contributed by atoms with Gasteiger partial charge in [-0.1, -0.05) is 18.2 Å². The van der Waals surface area contributed by atoms with Crippen LogP contribution in [-0.2, 0) is 6.54 Å². The van der Waals surface area contributed by atoms with Gasteiger partial charge >= 0.3 is 0 Å². The summed E-state index contributed by atoms with van der Waals surface area (Å²) in [5.41, 5.74) is 2.26. The summed E-state index contributed by atoms with van der Waals surface area (Å²) in [6.07, 6.45) is 0. The number of hydrogen-bond donors (Lipinski definition) is 1. The number of nitrogens with one attached hydrogen (secondary N) is 1. The average molecular weight is 418 g/mol. The van der Waals surface area contributed by atoms with E-state index in [2.05, 4.69) is 62.0 Å². The molecule has 0 saturated heterocycles. The van der Waals surface area contributed by atoms with Crippen LogP contribution in [0.2, 0.25) is 0 Å². The molecule has 0 radical (unpaired) electrons. The molecule has 1 N–H and O–H groups in total. The molecule has 0 saturated carbocycles. The zero-order valence-corrected chi connectivity index (χ0v) is 13.7. The maximum absolute atomic E-state index is 5.33. The van der Waals surface area contributed by atoms with Crippen molar-refractivity contribution in [1.82, 2.24) is 0 Å². The number of rotatable bonds is 4. The van der Waals surface area contributed by atoms with Crippen molar-refractivity contribution in [2.75, 3.05) is 12.4 Å². The summed E-state index contributed by atoms with van der Waals surface area (Å²) in [6.45, 7) is 0.752. The summed E-state index contributed by atoms with van der Waals surface area (Å²) in [5, 5.41) is 3.40. The maximum atomic E-state index is 5.33. The standard InChI is InChI=1S/C14H13BrINO/c1-18-14-5-3-2-4-10(14)9-17-11-6-7-12(15)13(16)8-11/h2-8,17H,9H2,1H3. The van der Waals surface area contributed by atoms with Gasteiger partial charge in [0.15, 0.2) is 0 Å². The molecule has 4 heteroatoms. The van der Waals surface area contributed by atoms with Gasteiger partial charge in [-0.15, -0.1) is 0 Å². The molecule has 0 amide bonds. The first kappa shape index (κ1) is 13.7. The van der Waals surface area contributed by atoms with Crippen LogP contribution in [0, 0.1) is 3.57 Å². The number of methoxy groups -OCH3 is 1. The van der Waals surface area contributed by atoms with Gasteiger partial charge in [0, 0.05) is 25.8 Å². The summed E-state index contributed by atoms with van der Waals surface area (Å²) < 4.78 is 7.64. The van der Waals surface area contributed by atoms with E-state index in [1.165, 1.54) is 3.57 Å². The molecule has 2 rings (SSSR count). The average Bonchev–Trinajstić information content (AvgIpc) is 2.40. The molecule has 0 spiro atoms. The second kappa shape index (κ2) is 6.43. The smallest absolute Gasteiger partial charge is 0.123 e. The Morgan fingerprint density at radius 2 is 2.00 bits per heavy atom. The molecule has 0 aromatic heterocycles. The molecule has 0 bridgehead atoms. The monoisotopic (exact) mass is 417 g/mol. The van der Waals surface area contributed by atoms with Crippen LogP contribution in [0.15, 0.2) is 46.9 Å². The van der Waals surface area contributed by atoms with Crippen molar-refractivity contribution in [3.8, 4) is 5.75 Å².